The normalized spacial score (nSPS) is 23.8. The molecule has 6 aromatic heterocycles. The summed E-state index contributed by atoms with van der Waals surface area (Å²) in [6.07, 6.45) is 27.2. The van der Waals surface area contributed by atoms with Crippen molar-refractivity contribution in [3.63, 3.8) is 0 Å². The van der Waals surface area contributed by atoms with E-state index in [2.05, 4.69) is 80.2 Å². The van der Waals surface area contributed by atoms with Crippen LogP contribution >= 0.6 is 0 Å². The number of pyridine rings is 3. The molecule has 21 nitrogen and oxygen atoms in total. The number of fused-ring (bicyclic) bond motifs is 6. The Bertz CT molecular complexity index is 3970. The number of nitrogens with one attached hydrogen (secondary N) is 3. The van der Waals surface area contributed by atoms with Gasteiger partial charge in [0.1, 0.15) is 40.2 Å². The van der Waals surface area contributed by atoms with E-state index in [1.807, 2.05) is 72.8 Å². The molecule has 0 spiro atoms. The van der Waals surface area contributed by atoms with Crippen LogP contribution in [0, 0.1) is 53.0 Å². The highest BCUT2D eigenvalue weighted by atomic mass is 19.1. The lowest BCUT2D eigenvalue weighted by Gasteiger charge is -2.41. The Kier molecular flexibility index (Phi) is 22.4. The highest BCUT2D eigenvalue weighted by Gasteiger charge is 2.46. The van der Waals surface area contributed by atoms with Crippen LogP contribution in [0.5, 0.6) is 0 Å². The van der Waals surface area contributed by atoms with Crippen molar-refractivity contribution in [1.82, 2.24) is 62.0 Å². The van der Waals surface area contributed by atoms with Crippen LogP contribution in [0.3, 0.4) is 0 Å². The lowest BCUT2D eigenvalue weighted by atomic mass is 9.64. The van der Waals surface area contributed by atoms with Gasteiger partial charge in [-0.2, -0.15) is 0 Å². The summed E-state index contributed by atoms with van der Waals surface area (Å²) in [6.45, 7) is 6.50. The maximum atomic E-state index is 13.5. The Morgan fingerprint density at radius 1 is 0.461 bits per heavy atom. The van der Waals surface area contributed by atoms with Crippen LogP contribution in [0.2, 0.25) is 0 Å². The maximum Gasteiger partial charge on any atom is 0.407 e. The van der Waals surface area contributed by atoms with E-state index in [4.69, 9.17) is 27.9 Å². The zero-order chi connectivity index (χ0) is 70.5. The Morgan fingerprint density at radius 2 is 0.873 bits per heavy atom. The van der Waals surface area contributed by atoms with E-state index in [1.165, 1.54) is 36.4 Å². The molecule has 3 fully saturated rings. The molecule has 24 heteroatoms. The number of carbonyl (C=O) groups excluding carboxylic acids is 3. The quantitative estimate of drug-likeness (QED) is 0.0805. The van der Waals surface area contributed by atoms with Gasteiger partial charge in [0.05, 0.1) is 36.9 Å². The number of nitrogens with zero attached hydrogens (tertiary/aromatic N) is 9. The molecule has 6 heterocycles. The average molecular weight is 1390 g/mol. The van der Waals surface area contributed by atoms with Crippen molar-refractivity contribution >= 4 is 36.5 Å². The molecule has 0 radical (unpaired) electrons. The van der Waals surface area contributed by atoms with Crippen molar-refractivity contribution in [1.29, 1.82) is 0 Å². The lowest BCUT2D eigenvalue weighted by molar-refractivity contribution is 0.124. The fourth-order valence-electron chi connectivity index (χ4n) is 15.9. The van der Waals surface area contributed by atoms with Gasteiger partial charge in [0, 0.05) is 88.1 Å². The van der Waals surface area contributed by atoms with Crippen molar-refractivity contribution in [2.45, 2.75) is 134 Å². The topological polar surface area (TPSA) is 270 Å². The summed E-state index contributed by atoms with van der Waals surface area (Å²) in [5.41, 5.74) is 11.0. The molecule has 102 heavy (non-hydrogen) atoms. The first-order valence-electron chi connectivity index (χ1n) is 35.3. The monoisotopic (exact) mass is 1390 g/mol. The van der Waals surface area contributed by atoms with E-state index in [9.17, 15) is 27.6 Å². The molecule has 15 rings (SSSR count). The second-order valence-electron chi connectivity index (χ2n) is 26.9. The van der Waals surface area contributed by atoms with E-state index in [0.717, 1.165) is 162 Å². The Balaban J connectivity index is 0.000000137. The van der Waals surface area contributed by atoms with Crippen molar-refractivity contribution in [3.05, 3.63) is 215 Å². The number of halogens is 3. The smallest absolute Gasteiger partial charge is 0.407 e. The molecule has 0 unspecified atom stereocenters. The summed E-state index contributed by atoms with van der Waals surface area (Å²) >= 11 is 0. The van der Waals surface area contributed by atoms with Gasteiger partial charge >= 0.3 is 18.3 Å². The number of carbonyl (C=O) groups is 3. The third-order valence-electron chi connectivity index (χ3n) is 20.6. The van der Waals surface area contributed by atoms with E-state index in [0.29, 0.717) is 55.3 Å². The van der Waals surface area contributed by atoms with Crippen molar-refractivity contribution in [3.8, 4) is 33.4 Å². The summed E-state index contributed by atoms with van der Waals surface area (Å²) in [4.78, 5) is 49.3. The molecule has 3 amide bonds. The number of allylic oxidation sites excluding steroid dienone is 3. The standard InChI is InChI=1S/3C26H27FN4O3/c1-2-33-26(32)29-21-9-10-22-18(13-21)14-24-25(30-31-34-24)23(22)11-8-20-7-6-17(15-28-20)16-4-3-5-19(27)12-16;1-2-33-26(32)29-21-9-10-22-18(13-21)14-24-25(34-31-30-24)23(22)11-8-20-7-6-17(15-28-20)16-4-3-5-19(27)12-16;1-2-33-26(32)29-21-9-10-22-18(13-21)14-24-25(31-34-30-24)23(22)11-8-20-7-6-17(15-28-20)16-4-3-5-19(27)12-16/h3*3-8,11-12,15,18,21-23H,2,9-10,13-14H2,1H3,(H,29,32)/b3*11-8+/t3*18-,21+,22+,23-/m000/s1. The van der Waals surface area contributed by atoms with Crippen LogP contribution in [-0.2, 0) is 33.5 Å². The minimum atomic E-state index is -0.354. The van der Waals surface area contributed by atoms with E-state index in [1.54, 1.807) is 57.6 Å². The minimum Gasteiger partial charge on any atom is -0.450 e. The highest BCUT2D eigenvalue weighted by Crippen LogP contribution is 2.50. The fraction of sp³-hybridized carbons (Fsp3) is 0.385. The summed E-state index contributed by atoms with van der Waals surface area (Å²) in [5.74, 6) is 3.32. The Labute approximate surface area is 588 Å². The molecule has 6 aliphatic rings. The molecule has 9 aromatic rings. The van der Waals surface area contributed by atoms with Crippen LogP contribution in [-0.4, -0.2) is 102 Å². The van der Waals surface area contributed by atoms with E-state index < -0.39 is 0 Å². The van der Waals surface area contributed by atoms with Crippen LogP contribution in [0.1, 0.15) is 148 Å². The SMILES string of the molecule is CCOC(=O)N[C@@H]1CC[C@@H]2[C@H](Cc3nnoc3[C@H]2/C=C/c2ccc(-c3cccc(F)c3)cn2)C1.CCOC(=O)N[C@@H]1CC[C@@H]2[C@H](Cc3nonc3[C@H]2/C=C/c2ccc(-c3cccc(F)c3)cn2)C1.CCOC(=O)N[C@@H]1CC[C@@H]2[C@H](Cc3onnc3[C@H]2/C=C/c2ccc(-c3cccc(F)c3)cn2)C1. The molecule has 12 atom stereocenters. The van der Waals surface area contributed by atoms with E-state index >= 15 is 0 Å². The van der Waals surface area contributed by atoms with Gasteiger partial charge in [0.15, 0.2) is 11.5 Å². The molecular formula is C78H81F3N12O9. The predicted octanol–water partition coefficient (Wildman–Crippen LogP) is 15.5. The summed E-state index contributed by atoms with van der Waals surface area (Å²) in [7, 11) is 0. The van der Waals surface area contributed by atoms with Gasteiger partial charge in [0.25, 0.3) is 0 Å². The fourth-order valence-corrected chi connectivity index (χ4v) is 15.9. The second kappa shape index (κ2) is 32.8. The number of rotatable bonds is 15. The largest absolute Gasteiger partial charge is 0.450 e. The zero-order valence-electron chi connectivity index (χ0n) is 57.0. The summed E-state index contributed by atoms with van der Waals surface area (Å²) in [6, 6.07) is 31.4. The molecule has 0 bridgehead atoms. The number of amides is 3. The van der Waals surface area contributed by atoms with Gasteiger partial charge < -0.3 is 39.2 Å². The number of alkyl carbamates (subject to hydrolysis) is 3. The molecule has 0 saturated heterocycles. The van der Waals surface area contributed by atoms with Crippen LogP contribution in [0.15, 0.2) is 160 Å². The number of hydrogen-bond donors (Lipinski definition) is 3. The second-order valence-corrected chi connectivity index (χ2v) is 26.9. The predicted molar refractivity (Wildman–Crippen MR) is 373 cm³/mol. The van der Waals surface area contributed by atoms with Crippen molar-refractivity contribution < 1.29 is 55.4 Å². The van der Waals surface area contributed by atoms with Crippen LogP contribution < -0.4 is 16.0 Å². The number of hydrogen-bond acceptors (Lipinski definition) is 18. The first-order valence-corrected chi connectivity index (χ1v) is 35.3. The molecule has 0 aliphatic heterocycles. The van der Waals surface area contributed by atoms with Crippen molar-refractivity contribution in [2.75, 3.05) is 19.8 Å². The van der Waals surface area contributed by atoms with Gasteiger partial charge in [-0.15, -0.1) is 10.2 Å². The molecule has 528 valence electrons. The number of ether oxygens (including phenoxy) is 3. The number of benzene rings is 3. The van der Waals surface area contributed by atoms with E-state index in [-0.39, 0.29) is 71.6 Å². The van der Waals surface area contributed by atoms with Gasteiger partial charge in [0.2, 0.25) is 0 Å². The summed E-state index contributed by atoms with van der Waals surface area (Å²) < 4.78 is 71.9. The summed E-state index contributed by atoms with van der Waals surface area (Å²) in [5, 5.41) is 33.5. The lowest BCUT2D eigenvalue weighted by Crippen LogP contribution is -2.44. The van der Waals surface area contributed by atoms with Gasteiger partial charge in [-0.25, -0.2) is 32.2 Å². The molecule has 3 N–H and O–H groups in total. The highest BCUT2D eigenvalue weighted by molar-refractivity contribution is 5.69. The van der Waals surface area contributed by atoms with Crippen LogP contribution in [0.4, 0.5) is 27.6 Å². The molecular weight excluding hydrogens is 1310 g/mol. The van der Waals surface area contributed by atoms with Crippen LogP contribution in [0.25, 0.3) is 51.6 Å². The van der Waals surface area contributed by atoms with Gasteiger partial charge in [-0.1, -0.05) is 83.1 Å². The first kappa shape index (κ1) is 69.8. The Morgan fingerprint density at radius 3 is 1.30 bits per heavy atom. The number of aromatic nitrogens is 9. The average Bonchev–Trinajstić information content (AvgIpc) is 1.29. The van der Waals surface area contributed by atoms with Crippen molar-refractivity contribution in [2.24, 2.45) is 35.5 Å². The van der Waals surface area contributed by atoms with Gasteiger partial charge in [-0.3, -0.25) is 15.0 Å². The third kappa shape index (κ3) is 17.0. The van der Waals surface area contributed by atoms with Gasteiger partial charge in [-0.05, 0) is 216 Å². The maximum absolute atomic E-state index is 13.5. The molecule has 3 aromatic carbocycles. The minimum absolute atomic E-state index is 0.0528. The third-order valence-corrected chi connectivity index (χ3v) is 20.6. The zero-order valence-corrected chi connectivity index (χ0v) is 57.0. The molecule has 6 aliphatic carbocycles. The molecule has 3 saturated carbocycles. The Hall–Kier alpha value is -10.7. The first-order chi connectivity index (χ1) is 49.8.